The molecule has 0 amide bonds. The van der Waals surface area contributed by atoms with Gasteiger partial charge in [0.05, 0.1) is 12.7 Å². The molecule has 16 heavy (non-hydrogen) atoms. The number of benzene rings is 1. The van der Waals surface area contributed by atoms with Gasteiger partial charge >= 0.3 is 0 Å². The summed E-state index contributed by atoms with van der Waals surface area (Å²) >= 11 is 1.55. The van der Waals surface area contributed by atoms with E-state index in [4.69, 9.17) is 5.11 Å². The molecule has 0 aliphatic rings. The van der Waals surface area contributed by atoms with Crippen LogP contribution in [0.4, 0.5) is 0 Å². The number of hydrogen-bond donors (Lipinski definition) is 3. The van der Waals surface area contributed by atoms with E-state index in [-0.39, 0.29) is 6.61 Å². The van der Waals surface area contributed by atoms with Gasteiger partial charge in [-0.3, -0.25) is 0 Å². The smallest absolute Gasteiger partial charge is 0.0864 e. The maximum atomic E-state index is 9.22. The zero-order valence-corrected chi connectivity index (χ0v) is 10.5. The average Bonchev–Trinajstić information content (AvgIpc) is 2.35. The summed E-state index contributed by atoms with van der Waals surface area (Å²) in [6.45, 7) is 1.93. The number of aliphatic hydroxyl groups excluding tert-OH is 2. The first-order valence-electron chi connectivity index (χ1n) is 5.36. The molecule has 4 heteroatoms. The van der Waals surface area contributed by atoms with Crippen molar-refractivity contribution in [1.29, 1.82) is 0 Å². The van der Waals surface area contributed by atoms with Gasteiger partial charge in [-0.15, -0.1) is 11.8 Å². The lowest BCUT2D eigenvalue weighted by molar-refractivity contribution is 0.113. The van der Waals surface area contributed by atoms with Crippen LogP contribution in [0.15, 0.2) is 29.2 Å². The molecule has 0 heterocycles. The van der Waals surface area contributed by atoms with Crippen LogP contribution in [0.3, 0.4) is 0 Å². The Morgan fingerprint density at radius 3 is 2.44 bits per heavy atom. The van der Waals surface area contributed by atoms with Gasteiger partial charge in [-0.05, 0) is 31.7 Å². The Labute approximate surface area is 101 Å². The first-order valence-corrected chi connectivity index (χ1v) is 6.35. The molecule has 0 bridgehead atoms. The highest BCUT2D eigenvalue weighted by atomic mass is 32.2. The second-order valence-corrected chi connectivity index (χ2v) is 4.82. The highest BCUT2D eigenvalue weighted by Gasteiger charge is 2.04. The number of rotatable bonds is 6. The fourth-order valence-corrected chi connectivity index (χ4v) is 2.08. The molecule has 0 aliphatic heterocycles. The minimum absolute atomic E-state index is 0.179. The van der Waals surface area contributed by atoms with E-state index in [0.29, 0.717) is 11.8 Å². The second-order valence-electron chi connectivity index (χ2n) is 3.73. The van der Waals surface area contributed by atoms with E-state index < -0.39 is 6.10 Å². The lowest BCUT2D eigenvalue weighted by atomic mass is 10.1. The van der Waals surface area contributed by atoms with E-state index in [1.165, 1.54) is 5.56 Å². The van der Waals surface area contributed by atoms with Crippen LogP contribution in [0.5, 0.6) is 0 Å². The van der Waals surface area contributed by atoms with E-state index in [1.54, 1.807) is 11.8 Å². The van der Waals surface area contributed by atoms with Crippen molar-refractivity contribution < 1.29 is 10.2 Å². The monoisotopic (exact) mass is 241 g/mol. The van der Waals surface area contributed by atoms with Crippen LogP contribution in [0.2, 0.25) is 0 Å². The zero-order valence-electron chi connectivity index (χ0n) is 9.68. The normalized spacial score (nSPS) is 14.8. The van der Waals surface area contributed by atoms with Gasteiger partial charge in [0.25, 0.3) is 0 Å². The summed E-state index contributed by atoms with van der Waals surface area (Å²) in [7, 11) is 1.94. The highest BCUT2D eigenvalue weighted by Crippen LogP contribution is 2.21. The van der Waals surface area contributed by atoms with Crippen molar-refractivity contribution in [3.63, 3.8) is 0 Å². The van der Waals surface area contributed by atoms with Crippen LogP contribution in [0, 0.1) is 0 Å². The van der Waals surface area contributed by atoms with Crippen molar-refractivity contribution in [2.75, 3.05) is 19.4 Å². The van der Waals surface area contributed by atoms with Crippen molar-refractivity contribution in [2.24, 2.45) is 0 Å². The molecule has 1 aromatic rings. The molecule has 0 saturated carbocycles. The Morgan fingerprint density at radius 2 is 1.94 bits per heavy atom. The van der Waals surface area contributed by atoms with Crippen LogP contribution in [0.25, 0.3) is 0 Å². The molecule has 2 unspecified atom stereocenters. The molecular weight excluding hydrogens is 222 g/mol. The molecule has 0 saturated heterocycles. The van der Waals surface area contributed by atoms with Gasteiger partial charge in [-0.1, -0.05) is 12.1 Å². The fraction of sp³-hybridized carbons (Fsp3) is 0.500. The Hall–Kier alpha value is -0.550. The summed E-state index contributed by atoms with van der Waals surface area (Å²) in [5, 5.41) is 21.1. The van der Waals surface area contributed by atoms with Crippen molar-refractivity contribution in [1.82, 2.24) is 5.32 Å². The van der Waals surface area contributed by atoms with Gasteiger partial charge in [0, 0.05) is 16.7 Å². The lowest BCUT2D eigenvalue weighted by Crippen LogP contribution is -2.14. The molecule has 0 aromatic heterocycles. The summed E-state index contributed by atoms with van der Waals surface area (Å²) in [6.07, 6.45) is -0.638. The van der Waals surface area contributed by atoms with Gasteiger partial charge in [-0.2, -0.15) is 0 Å². The topological polar surface area (TPSA) is 52.5 Å². The lowest BCUT2D eigenvalue weighted by Gasteiger charge is -2.11. The van der Waals surface area contributed by atoms with E-state index in [0.717, 1.165) is 4.90 Å². The van der Waals surface area contributed by atoms with Gasteiger partial charge in [0.2, 0.25) is 0 Å². The zero-order chi connectivity index (χ0) is 12.0. The Kier molecular flexibility index (Phi) is 5.84. The van der Waals surface area contributed by atoms with E-state index in [2.05, 4.69) is 24.4 Å². The summed E-state index contributed by atoms with van der Waals surface area (Å²) < 4.78 is 0. The SMILES string of the molecule is CNC(C)c1ccc(SCC(O)CO)cc1. The van der Waals surface area contributed by atoms with Gasteiger partial charge in [-0.25, -0.2) is 0 Å². The molecule has 1 aromatic carbocycles. The number of hydrogen-bond acceptors (Lipinski definition) is 4. The first kappa shape index (κ1) is 13.5. The van der Waals surface area contributed by atoms with Crippen LogP contribution in [-0.4, -0.2) is 35.7 Å². The second kappa shape index (κ2) is 6.91. The highest BCUT2D eigenvalue weighted by molar-refractivity contribution is 7.99. The maximum Gasteiger partial charge on any atom is 0.0864 e. The Bertz CT molecular complexity index is 302. The quantitative estimate of drug-likeness (QED) is 0.659. The van der Waals surface area contributed by atoms with E-state index in [9.17, 15) is 5.11 Å². The molecule has 0 aliphatic carbocycles. The van der Waals surface area contributed by atoms with Crippen molar-refractivity contribution in [3.8, 4) is 0 Å². The summed E-state index contributed by atoms with van der Waals surface area (Å²) in [4.78, 5) is 1.11. The summed E-state index contributed by atoms with van der Waals surface area (Å²) in [6, 6.07) is 8.58. The third kappa shape index (κ3) is 4.14. The number of nitrogens with one attached hydrogen (secondary N) is 1. The standard InChI is InChI=1S/C12H19NO2S/c1-9(13-2)10-3-5-12(6-4-10)16-8-11(15)7-14/h3-6,9,11,13-15H,7-8H2,1-2H3. The Balaban J connectivity index is 2.51. The van der Waals surface area contributed by atoms with Crippen molar-refractivity contribution in [3.05, 3.63) is 29.8 Å². The van der Waals surface area contributed by atoms with E-state index in [1.807, 2.05) is 19.2 Å². The van der Waals surface area contributed by atoms with Crippen molar-refractivity contribution in [2.45, 2.75) is 24.0 Å². The molecule has 0 radical (unpaired) electrons. The summed E-state index contributed by atoms with van der Waals surface area (Å²) in [5.41, 5.74) is 1.24. The molecule has 1 rings (SSSR count). The maximum absolute atomic E-state index is 9.22. The van der Waals surface area contributed by atoms with Crippen LogP contribution < -0.4 is 5.32 Å². The number of thioether (sulfide) groups is 1. The van der Waals surface area contributed by atoms with Crippen LogP contribution in [-0.2, 0) is 0 Å². The molecule has 90 valence electrons. The third-order valence-electron chi connectivity index (χ3n) is 2.47. The fourth-order valence-electron chi connectivity index (χ4n) is 1.26. The number of aliphatic hydroxyl groups is 2. The van der Waals surface area contributed by atoms with Crippen molar-refractivity contribution >= 4 is 11.8 Å². The summed E-state index contributed by atoms with van der Waals surface area (Å²) in [5.74, 6) is 0.525. The minimum Gasteiger partial charge on any atom is -0.394 e. The molecule has 3 nitrogen and oxygen atoms in total. The Morgan fingerprint density at radius 1 is 1.31 bits per heavy atom. The first-order chi connectivity index (χ1) is 7.67. The molecule has 2 atom stereocenters. The van der Waals surface area contributed by atoms with E-state index >= 15 is 0 Å². The van der Waals surface area contributed by atoms with Gasteiger partial charge in [0.1, 0.15) is 0 Å². The van der Waals surface area contributed by atoms with Crippen LogP contribution in [0.1, 0.15) is 18.5 Å². The minimum atomic E-state index is -0.638. The average molecular weight is 241 g/mol. The molecule has 0 fully saturated rings. The van der Waals surface area contributed by atoms with Gasteiger partial charge < -0.3 is 15.5 Å². The third-order valence-corrected chi connectivity index (χ3v) is 3.62. The van der Waals surface area contributed by atoms with Crippen LogP contribution >= 0.6 is 11.8 Å². The molecule has 3 N–H and O–H groups in total. The predicted molar refractivity (Wildman–Crippen MR) is 67.7 cm³/mol. The molecule has 0 spiro atoms. The largest absolute Gasteiger partial charge is 0.394 e. The van der Waals surface area contributed by atoms with Gasteiger partial charge in [0.15, 0.2) is 0 Å². The molecular formula is C12H19NO2S. The predicted octanol–water partition coefficient (Wildman–Crippen LogP) is 1.41.